The summed E-state index contributed by atoms with van der Waals surface area (Å²) in [6.07, 6.45) is 1.77. The molecule has 2 aromatic rings. The minimum atomic E-state index is 0.0346. The van der Waals surface area contributed by atoms with Crippen molar-refractivity contribution in [2.24, 2.45) is 10.9 Å². The van der Waals surface area contributed by atoms with Crippen LogP contribution in [-0.2, 0) is 0 Å². The van der Waals surface area contributed by atoms with Crippen molar-refractivity contribution in [3.05, 3.63) is 41.9 Å². The van der Waals surface area contributed by atoms with Crippen LogP contribution in [-0.4, -0.2) is 25.8 Å². The number of oxime groups is 1. The number of aromatic nitrogens is 3. The molecule has 2 aromatic heterocycles. The van der Waals surface area contributed by atoms with Crippen LogP contribution in [0.4, 0.5) is 0 Å². The molecule has 3 N–H and O–H groups in total. The number of nitrogens with two attached hydrogens (primary N) is 1. The van der Waals surface area contributed by atoms with E-state index in [1.807, 2.05) is 19.1 Å². The minimum Gasteiger partial charge on any atom is -0.409 e. The van der Waals surface area contributed by atoms with Gasteiger partial charge in [-0.3, -0.25) is 4.57 Å². The van der Waals surface area contributed by atoms with Crippen molar-refractivity contribution >= 4 is 5.84 Å². The highest BCUT2D eigenvalue weighted by atomic mass is 16.4. The van der Waals surface area contributed by atoms with Gasteiger partial charge < -0.3 is 10.9 Å². The van der Waals surface area contributed by atoms with E-state index in [4.69, 9.17) is 10.9 Å². The number of aryl methyl sites for hydroxylation is 1. The van der Waals surface area contributed by atoms with Crippen LogP contribution in [0.5, 0.6) is 0 Å². The fraction of sp³-hybridized carbons (Fsp3) is 0.100. The Morgan fingerprint density at radius 1 is 1.38 bits per heavy atom. The van der Waals surface area contributed by atoms with E-state index in [0.717, 1.165) is 5.69 Å². The van der Waals surface area contributed by atoms with Gasteiger partial charge >= 0.3 is 0 Å². The fourth-order valence-corrected chi connectivity index (χ4v) is 1.36. The monoisotopic (exact) mass is 217 g/mol. The van der Waals surface area contributed by atoms with E-state index in [0.29, 0.717) is 11.5 Å². The van der Waals surface area contributed by atoms with Gasteiger partial charge in [0.2, 0.25) is 0 Å². The largest absolute Gasteiger partial charge is 0.409 e. The molecule has 6 nitrogen and oxygen atoms in total. The van der Waals surface area contributed by atoms with Gasteiger partial charge in [-0.1, -0.05) is 5.16 Å². The average Bonchev–Trinajstić information content (AvgIpc) is 2.78. The molecule has 0 amide bonds. The van der Waals surface area contributed by atoms with Crippen LogP contribution in [0.2, 0.25) is 0 Å². The SMILES string of the molecule is Cc1ccc(-n2cccc2/C(N)=N/O)nn1. The topological polar surface area (TPSA) is 89.3 Å². The van der Waals surface area contributed by atoms with Crippen molar-refractivity contribution in [1.29, 1.82) is 0 Å². The van der Waals surface area contributed by atoms with Crippen LogP contribution in [0.1, 0.15) is 11.4 Å². The molecule has 0 fully saturated rings. The first-order chi connectivity index (χ1) is 7.72. The Labute approximate surface area is 92.0 Å². The smallest absolute Gasteiger partial charge is 0.187 e. The third kappa shape index (κ3) is 1.72. The van der Waals surface area contributed by atoms with E-state index >= 15 is 0 Å². The lowest BCUT2D eigenvalue weighted by molar-refractivity contribution is 0.318. The molecule has 0 aromatic carbocycles. The van der Waals surface area contributed by atoms with Crippen molar-refractivity contribution in [2.75, 3.05) is 0 Å². The quantitative estimate of drug-likeness (QED) is 0.335. The predicted octanol–water partition coefficient (Wildman–Crippen LogP) is 0.670. The molecule has 0 saturated heterocycles. The zero-order valence-electron chi connectivity index (χ0n) is 8.70. The zero-order chi connectivity index (χ0) is 11.5. The second-order valence-corrected chi connectivity index (χ2v) is 3.28. The predicted molar refractivity (Wildman–Crippen MR) is 58.6 cm³/mol. The summed E-state index contributed by atoms with van der Waals surface area (Å²) < 4.78 is 1.70. The van der Waals surface area contributed by atoms with Crippen LogP contribution in [0, 0.1) is 6.92 Å². The molecule has 82 valence electrons. The normalized spacial score (nSPS) is 11.7. The zero-order valence-corrected chi connectivity index (χ0v) is 8.70. The van der Waals surface area contributed by atoms with E-state index in [-0.39, 0.29) is 5.84 Å². The van der Waals surface area contributed by atoms with Gasteiger partial charge in [0.05, 0.1) is 11.4 Å². The Bertz CT molecular complexity index is 514. The Morgan fingerprint density at radius 2 is 2.19 bits per heavy atom. The van der Waals surface area contributed by atoms with Crippen LogP contribution in [0.3, 0.4) is 0 Å². The van der Waals surface area contributed by atoms with Gasteiger partial charge in [-0.25, -0.2) is 0 Å². The molecule has 0 atom stereocenters. The third-order valence-corrected chi connectivity index (χ3v) is 2.15. The van der Waals surface area contributed by atoms with Gasteiger partial charge in [-0.15, -0.1) is 5.10 Å². The van der Waals surface area contributed by atoms with Crippen LogP contribution in [0.15, 0.2) is 35.6 Å². The van der Waals surface area contributed by atoms with Crippen molar-refractivity contribution in [3.63, 3.8) is 0 Å². The highest BCUT2D eigenvalue weighted by Crippen LogP contribution is 2.09. The highest BCUT2D eigenvalue weighted by Gasteiger charge is 2.08. The summed E-state index contributed by atoms with van der Waals surface area (Å²) in [7, 11) is 0. The number of nitrogens with zero attached hydrogens (tertiary/aromatic N) is 4. The van der Waals surface area contributed by atoms with Crippen LogP contribution in [0.25, 0.3) is 5.82 Å². The molecule has 6 heteroatoms. The molecule has 0 saturated carbocycles. The molecule has 2 rings (SSSR count). The number of rotatable bonds is 2. The molecule has 0 unspecified atom stereocenters. The lowest BCUT2D eigenvalue weighted by atomic mass is 10.4. The molecule has 0 aliphatic carbocycles. The van der Waals surface area contributed by atoms with Gasteiger partial charge in [0.25, 0.3) is 0 Å². The maximum Gasteiger partial charge on any atom is 0.187 e. The number of hydrogen-bond acceptors (Lipinski definition) is 4. The average molecular weight is 217 g/mol. The molecule has 16 heavy (non-hydrogen) atoms. The van der Waals surface area contributed by atoms with E-state index in [1.165, 1.54) is 0 Å². The summed E-state index contributed by atoms with van der Waals surface area (Å²) in [5, 5.41) is 19.6. The standard InChI is InChI=1S/C10H11N5O/c1-7-4-5-9(13-12-7)15-6-2-3-8(15)10(11)14-16/h2-6,16H,1H3,(H2,11,14). The van der Waals surface area contributed by atoms with E-state index in [9.17, 15) is 0 Å². The summed E-state index contributed by atoms with van der Waals surface area (Å²) in [5.74, 6) is 0.657. The minimum absolute atomic E-state index is 0.0346. The summed E-state index contributed by atoms with van der Waals surface area (Å²) in [6, 6.07) is 7.18. The summed E-state index contributed by atoms with van der Waals surface area (Å²) in [6.45, 7) is 1.86. The van der Waals surface area contributed by atoms with Gasteiger partial charge in [-0.2, -0.15) is 5.10 Å². The van der Waals surface area contributed by atoms with Gasteiger partial charge in [0, 0.05) is 6.20 Å². The van der Waals surface area contributed by atoms with Crippen LogP contribution >= 0.6 is 0 Å². The first-order valence-corrected chi connectivity index (χ1v) is 4.68. The summed E-state index contributed by atoms with van der Waals surface area (Å²) in [4.78, 5) is 0. The maximum absolute atomic E-state index is 8.64. The Kier molecular flexibility index (Phi) is 2.55. The summed E-state index contributed by atoms with van der Waals surface area (Å²) >= 11 is 0. The van der Waals surface area contributed by atoms with Gasteiger partial charge in [0.15, 0.2) is 11.7 Å². The first kappa shape index (κ1) is 10.2. The maximum atomic E-state index is 8.64. The van der Waals surface area contributed by atoms with E-state index in [1.54, 1.807) is 22.9 Å². The molecule has 2 heterocycles. The molecule has 0 radical (unpaired) electrons. The Morgan fingerprint density at radius 3 is 2.81 bits per heavy atom. The van der Waals surface area contributed by atoms with Crippen LogP contribution < -0.4 is 5.73 Å². The first-order valence-electron chi connectivity index (χ1n) is 4.68. The second-order valence-electron chi connectivity index (χ2n) is 3.28. The van der Waals surface area contributed by atoms with E-state index < -0.39 is 0 Å². The van der Waals surface area contributed by atoms with E-state index in [2.05, 4.69) is 15.4 Å². The van der Waals surface area contributed by atoms with Crippen molar-refractivity contribution in [1.82, 2.24) is 14.8 Å². The molecule has 0 bridgehead atoms. The molecule has 0 spiro atoms. The molecule has 0 aliphatic heterocycles. The van der Waals surface area contributed by atoms with Crippen molar-refractivity contribution in [2.45, 2.75) is 6.92 Å². The Hall–Kier alpha value is -2.37. The highest BCUT2D eigenvalue weighted by molar-refractivity contribution is 5.96. The second kappa shape index (κ2) is 4.01. The van der Waals surface area contributed by atoms with Gasteiger partial charge in [0.1, 0.15) is 0 Å². The van der Waals surface area contributed by atoms with Crippen molar-refractivity contribution in [3.8, 4) is 5.82 Å². The lowest BCUT2D eigenvalue weighted by Crippen LogP contribution is -2.18. The number of amidine groups is 1. The Balaban J connectivity index is 2.49. The molecule has 0 aliphatic rings. The number of hydrogen-bond donors (Lipinski definition) is 2. The fourth-order valence-electron chi connectivity index (χ4n) is 1.36. The lowest BCUT2D eigenvalue weighted by Gasteiger charge is -2.06. The van der Waals surface area contributed by atoms with Gasteiger partial charge in [-0.05, 0) is 31.2 Å². The molecular weight excluding hydrogens is 206 g/mol. The molecular formula is C10H11N5O. The summed E-state index contributed by atoms with van der Waals surface area (Å²) in [5.41, 5.74) is 6.94. The van der Waals surface area contributed by atoms with Crippen molar-refractivity contribution < 1.29 is 5.21 Å². The third-order valence-electron chi connectivity index (χ3n) is 2.15.